The fourth-order valence-electron chi connectivity index (χ4n) is 1.70. The smallest absolute Gasteiger partial charge is 0.139 e. The normalized spacial score (nSPS) is 11.4. The second kappa shape index (κ2) is 4.71. The molecule has 0 radical (unpaired) electrons. The summed E-state index contributed by atoms with van der Waals surface area (Å²) in [5, 5.41) is 17.3. The molecular weight excluding hydrogens is 216 g/mol. The second-order valence-electron chi connectivity index (χ2n) is 4.91. The number of nitrogens with two attached hydrogens (primary N) is 1. The molecule has 0 bridgehead atoms. The van der Waals surface area contributed by atoms with Crippen LogP contribution in [0.2, 0.25) is 0 Å². The van der Waals surface area contributed by atoms with E-state index in [4.69, 9.17) is 11.1 Å². The summed E-state index contributed by atoms with van der Waals surface area (Å²) in [5.41, 5.74) is 6.13. The Labute approximate surface area is 102 Å². The van der Waals surface area contributed by atoms with Crippen molar-refractivity contribution in [2.45, 2.75) is 26.4 Å². The molecule has 94 valence electrons. The van der Waals surface area contributed by atoms with Crippen LogP contribution >= 0.6 is 0 Å². The van der Waals surface area contributed by atoms with E-state index in [1.807, 2.05) is 24.9 Å². The predicted octanol–water partition coefficient (Wildman–Crippen LogP) is 0.881. The molecule has 0 saturated carbocycles. The van der Waals surface area contributed by atoms with E-state index in [2.05, 4.69) is 4.98 Å². The Kier molecular flexibility index (Phi) is 3.72. The number of pyridine rings is 1. The molecule has 17 heavy (non-hydrogen) atoms. The minimum Gasteiger partial charge on any atom is -0.389 e. The number of aliphatic hydroxyl groups is 1. The molecule has 0 unspecified atom stereocenters. The van der Waals surface area contributed by atoms with Crippen molar-refractivity contribution in [3.63, 3.8) is 0 Å². The quantitative estimate of drug-likeness (QED) is 0.535. The van der Waals surface area contributed by atoms with Gasteiger partial charge in [-0.25, -0.2) is 4.98 Å². The van der Waals surface area contributed by atoms with Crippen molar-refractivity contribution in [3.8, 4) is 0 Å². The zero-order chi connectivity index (χ0) is 13.2. The molecule has 0 aliphatic rings. The van der Waals surface area contributed by atoms with Gasteiger partial charge in [0.05, 0.1) is 11.2 Å². The van der Waals surface area contributed by atoms with E-state index >= 15 is 0 Å². The maximum absolute atomic E-state index is 9.79. The highest BCUT2D eigenvalue weighted by atomic mass is 16.3. The van der Waals surface area contributed by atoms with Crippen molar-refractivity contribution in [3.05, 3.63) is 23.4 Å². The van der Waals surface area contributed by atoms with Crippen LogP contribution in [0.5, 0.6) is 0 Å². The van der Waals surface area contributed by atoms with Crippen molar-refractivity contribution in [1.82, 2.24) is 4.98 Å². The van der Waals surface area contributed by atoms with Gasteiger partial charge in [-0.05, 0) is 32.9 Å². The van der Waals surface area contributed by atoms with Gasteiger partial charge in [0.1, 0.15) is 11.7 Å². The number of anilines is 1. The van der Waals surface area contributed by atoms with Gasteiger partial charge in [0.15, 0.2) is 0 Å². The largest absolute Gasteiger partial charge is 0.389 e. The van der Waals surface area contributed by atoms with Crippen molar-refractivity contribution >= 4 is 11.7 Å². The number of amidine groups is 1. The molecule has 1 aromatic rings. The summed E-state index contributed by atoms with van der Waals surface area (Å²) < 4.78 is 0. The Morgan fingerprint density at radius 1 is 1.53 bits per heavy atom. The highest BCUT2D eigenvalue weighted by Crippen LogP contribution is 2.18. The third kappa shape index (κ3) is 3.71. The van der Waals surface area contributed by atoms with E-state index in [0.29, 0.717) is 17.9 Å². The summed E-state index contributed by atoms with van der Waals surface area (Å²) >= 11 is 0. The lowest BCUT2D eigenvalue weighted by Gasteiger charge is -2.27. The van der Waals surface area contributed by atoms with Crippen LogP contribution in [-0.4, -0.2) is 35.1 Å². The molecule has 0 amide bonds. The van der Waals surface area contributed by atoms with Gasteiger partial charge in [-0.2, -0.15) is 0 Å². The topological polar surface area (TPSA) is 86.2 Å². The summed E-state index contributed by atoms with van der Waals surface area (Å²) in [6, 6.07) is 3.60. The Morgan fingerprint density at radius 2 is 2.12 bits per heavy atom. The third-order valence-corrected chi connectivity index (χ3v) is 2.29. The molecule has 1 aromatic heterocycles. The molecule has 0 fully saturated rings. The number of rotatable bonds is 4. The van der Waals surface area contributed by atoms with Crippen LogP contribution in [0.15, 0.2) is 12.1 Å². The number of aryl methyl sites for hydroxylation is 1. The molecule has 5 nitrogen and oxygen atoms in total. The predicted molar refractivity (Wildman–Crippen MR) is 69.6 cm³/mol. The van der Waals surface area contributed by atoms with E-state index in [1.54, 1.807) is 19.9 Å². The van der Waals surface area contributed by atoms with Crippen LogP contribution in [-0.2, 0) is 0 Å². The van der Waals surface area contributed by atoms with Crippen LogP contribution in [0.3, 0.4) is 0 Å². The van der Waals surface area contributed by atoms with Crippen LogP contribution in [0.25, 0.3) is 0 Å². The molecule has 1 heterocycles. The molecule has 0 saturated heterocycles. The molecule has 0 spiro atoms. The first-order chi connectivity index (χ1) is 7.70. The third-order valence-electron chi connectivity index (χ3n) is 2.29. The lowest BCUT2D eigenvalue weighted by atomic mass is 10.1. The first kappa shape index (κ1) is 13.4. The molecule has 5 heteroatoms. The summed E-state index contributed by atoms with van der Waals surface area (Å²) in [6.07, 6.45) is 0. The summed E-state index contributed by atoms with van der Waals surface area (Å²) in [6.45, 7) is 5.76. The Bertz CT molecular complexity index is 423. The highest BCUT2D eigenvalue weighted by molar-refractivity contribution is 5.99. The lowest BCUT2D eigenvalue weighted by molar-refractivity contribution is 0.0884. The van der Waals surface area contributed by atoms with E-state index in [1.165, 1.54) is 0 Å². The molecule has 0 aliphatic carbocycles. The summed E-state index contributed by atoms with van der Waals surface area (Å²) in [4.78, 5) is 6.18. The van der Waals surface area contributed by atoms with E-state index < -0.39 is 5.60 Å². The molecular formula is C12H20N4O. The minimum absolute atomic E-state index is 0.0184. The number of likely N-dealkylation sites (N-methyl/N-ethyl adjacent to an activating group) is 1. The number of nitrogen functional groups attached to an aromatic ring is 1. The summed E-state index contributed by atoms with van der Waals surface area (Å²) in [5.74, 6) is 0.606. The fourth-order valence-corrected chi connectivity index (χ4v) is 1.70. The first-order valence-electron chi connectivity index (χ1n) is 5.46. The van der Waals surface area contributed by atoms with Gasteiger partial charge in [-0.15, -0.1) is 0 Å². The number of nitrogens with one attached hydrogen (secondary N) is 1. The van der Waals surface area contributed by atoms with Crippen molar-refractivity contribution in [2.24, 2.45) is 5.73 Å². The summed E-state index contributed by atoms with van der Waals surface area (Å²) in [7, 11) is 1.83. The van der Waals surface area contributed by atoms with E-state index in [-0.39, 0.29) is 5.84 Å². The maximum Gasteiger partial charge on any atom is 0.139 e. The van der Waals surface area contributed by atoms with Crippen LogP contribution in [0.1, 0.15) is 25.1 Å². The minimum atomic E-state index is -0.825. The maximum atomic E-state index is 9.79. The number of hydrogen-bond acceptors (Lipinski definition) is 4. The van der Waals surface area contributed by atoms with Crippen LogP contribution < -0.4 is 10.6 Å². The van der Waals surface area contributed by atoms with Crippen molar-refractivity contribution in [2.75, 3.05) is 18.5 Å². The van der Waals surface area contributed by atoms with Gasteiger partial charge < -0.3 is 15.7 Å². The second-order valence-corrected chi connectivity index (χ2v) is 4.91. The number of hydrogen-bond donors (Lipinski definition) is 3. The Morgan fingerprint density at radius 3 is 2.59 bits per heavy atom. The highest BCUT2D eigenvalue weighted by Gasteiger charge is 2.19. The number of nitrogens with zero attached hydrogens (tertiary/aromatic N) is 2. The zero-order valence-corrected chi connectivity index (χ0v) is 10.8. The van der Waals surface area contributed by atoms with Crippen LogP contribution in [0, 0.1) is 12.3 Å². The van der Waals surface area contributed by atoms with Crippen LogP contribution in [0.4, 0.5) is 5.82 Å². The zero-order valence-electron chi connectivity index (χ0n) is 10.8. The van der Waals surface area contributed by atoms with Crippen molar-refractivity contribution < 1.29 is 5.11 Å². The number of aromatic nitrogens is 1. The molecule has 4 N–H and O–H groups in total. The molecule has 0 aromatic carbocycles. The Balaban J connectivity index is 3.10. The fraction of sp³-hybridized carbons (Fsp3) is 0.500. The van der Waals surface area contributed by atoms with E-state index in [9.17, 15) is 5.11 Å². The van der Waals surface area contributed by atoms with Gasteiger partial charge in [0.25, 0.3) is 0 Å². The molecule has 0 aliphatic heterocycles. The van der Waals surface area contributed by atoms with Gasteiger partial charge in [-0.3, -0.25) is 5.41 Å². The lowest BCUT2D eigenvalue weighted by Crippen LogP contribution is -2.37. The average Bonchev–Trinajstić information content (AvgIpc) is 2.14. The van der Waals surface area contributed by atoms with Gasteiger partial charge in [0, 0.05) is 19.3 Å². The molecule has 1 rings (SSSR count). The van der Waals surface area contributed by atoms with E-state index in [0.717, 1.165) is 5.69 Å². The monoisotopic (exact) mass is 236 g/mol. The van der Waals surface area contributed by atoms with Crippen molar-refractivity contribution in [1.29, 1.82) is 5.41 Å². The average molecular weight is 236 g/mol. The van der Waals surface area contributed by atoms with Gasteiger partial charge >= 0.3 is 0 Å². The van der Waals surface area contributed by atoms with Gasteiger partial charge in [-0.1, -0.05) is 0 Å². The van der Waals surface area contributed by atoms with Gasteiger partial charge in [0.2, 0.25) is 0 Å². The Hall–Kier alpha value is -1.62. The first-order valence-corrected chi connectivity index (χ1v) is 5.46. The standard InChI is InChI=1S/C12H20N4O/c1-8-5-6-9(10(13)14)11(15-8)16(4)7-12(2,3)17/h5-6,17H,7H2,1-4H3,(H3,13,14). The molecule has 0 atom stereocenters. The SMILES string of the molecule is Cc1ccc(C(=N)N)c(N(C)CC(C)(C)O)n1.